The highest BCUT2D eigenvalue weighted by atomic mass is 79.9. The number of amides is 2. The number of amidine groups is 1. The second-order valence-electron chi connectivity index (χ2n) is 8.10. The van der Waals surface area contributed by atoms with Gasteiger partial charge in [-0.2, -0.15) is 0 Å². The number of aliphatic imine (C=N–C) groups is 1. The Labute approximate surface area is 227 Å². The van der Waals surface area contributed by atoms with Crippen LogP contribution in [0.1, 0.15) is 22.8 Å². The first-order valence-electron chi connectivity index (χ1n) is 11.7. The third kappa shape index (κ3) is 6.79. The van der Waals surface area contributed by atoms with Gasteiger partial charge in [-0.1, -0.05) is 22.0 Å². The van der Waals surface area contributed by atoms with Crippen molar-refractivity contribution in [1.82, 2.24) is 9.80 Å². The number of nitrogens with zero attached hydrogens (tertiary/aromatic N) is 3. The molecule has 4 rings (SSSR count). The lowest BCUT2D eigenvalue weighted by molar-refractivity contribution is -0.137. The maximum absolute atomic E-state index is 13.0. The molecule has 2 aliphatic heterocycles. The summed E-state index contributed by atoms with van der Waals surface area (Å²) < 4.78 is 17.0. The first-order chi connectivity index (χ1) is 17.9. The van der Waals surface area contributed by atoms with Gasteiger partial charge in [-0.15, -0.1) is 0 Å². The highest BCUT2D eigenvalue weighted by Gasteiger charge is 2.31. The molecule has 2 saturated heterocycles. The average molecular weight is 588 g/mol. The molecule has 0 unspecified atom stereocenters. The van der Waals surface area contributed by atoms with Crippen molar-refractivity contribution in [3.8, 4) is 5.75 Å². The highest BCUT2D eigenvalue weighted by Crippen LogP contribution is 2.35. The number of morpholine rings is 1. The Morgan fingerprint density at radius 1 is 1.19 bits per heavy atom. The van der Waals surface area contributed by atoms with Gasteiger partial charge < -0.3 is 19.1 Å². The number of thioether (sulfide) groups is 1. The van der Waals surface area contributed by atoms with Crippen molar-refractivity contribution in [1.29, 1.82) is 0 Å². The summed E-state index contributed by atoms with van der Waals surface area (Å²) in [6.07, 6.45) is 1.72. The molecule has 0 N–H and O–H groups in total. The summed E-state index contributed by atoms with van der Waals surface area (Å²) in [5.74, 6) is -0.278. The SMILES string of the molecule is CCOC(=O)c1cccc(N=C2SC(=Cc3cc(Br)ccc3OCC(=O)N3CCOCC3)C(=O)N2C)c1. The first-order valence-corrected chi connectivity index (χ1v) is 13.3. The number of rotatable bonds is 7. The summed E-state index contributed by atoms with van der Waals surface area (Å²) in [6, 6.07) is 12.1. The van der Waals surface area contributed by atoms with Crippen LogP contribution in [0.5, 0.6) is 5.75 Å². The lowest BCUT2D eigenvalue weighted by atomic mass is 10.2. The molecule has 0 bridgehead atoms. The van der Waals surface area contributed by atoms with E-state index in [0.717, 1.165) is 4.47 Å². The molecular weight excluding hydrogens is 562 g/mol. The zero-order valence-corrected chi connectivity index (χ0v) is 22.8. The number of hydrogen-bond donors (Lipinski definition) is 0. The van der Waals surface area contributed by atoms with Crippen molar-refractivity contribution in [3.05, 3.63) is 63.0 Å². The normalized spacial score (nSPS) is 18.0. The molecule has 0 atom stereocenters. The van der Waals surface area contributed by atoms with Crippen LogP contribution in [-0.2, 0) is 19.1 Å². The third-order valence-electron chi connectivity index (χ3n) is 5.56. The number of esters is 1. The minimum absolute atomic E-state index is 0.109. The summed E-state index contributed by atoms with van der Waals surface area (Å²) in [5.41, 5.74) is 1.57. The fourth-order valence-corrected chi connectivity index (χ4v) is 4.98. The maximum atomic E-state index is 13.0. The zero-order valence-electron chi connectivity index (χ0n) is 20.4. The van der Waals surface area contributed by atoms with Crippen molar-refractivity contribution in [2.75, 3.05) is 46.6 Å². The molecule has 0 aliphatic carbocycles. The van der Waals surface area contributed by atoms with Gasteiger partial charge in [0, 0.05) is 30.2 Å². The van der Waals surface area contributed by atoms with Gasteiger partial charge in [0.2, 0.25) is 0 Å². The highest BCUT2D eigenvalue weighted by molar-refractivity contribution is 9.10. The number of carbonyl (C=O) groups excluding carboxylic acids is 3. The van der Waals surface area contributed by atoms with E-state index in [1.165, 1.54) is 16.7 Å². The molecule has 2 fully saturated rings. The minimum atomic E-state index is -0.428. The van der Waals surface area contributed by atoms with E-state index < -0.39 is 5.97 Å². The van der Waals surface area contributed by atoms with E-state index in [1.54, 1.807) is 55.3 Å². The first kappa shape index (κ1) is 26.9. The van der Waals surface area contributed by atoms with Crippen LogP contribution < -0.4 is 4.74 Å². The second kappa shape index (κ2) is 12.4. The van der Waals surface area contributed by atoms with Crippen LogP contribution in [0.25, 0.3) is 6.08 Å². The molecule has 2 aromatic carbocycles. The Morgan fingerprint density at radius 2 is 1.97 bits per heavy atom. The summed E-state index contributed by atoms with van der Waals surface area (Å²) in [5, 5.41) is 0.470. The molecule has 37 heavy (non-hydrogen) atoms. The van der Waals surface area contributed by atoms with Crippen molar-refractivity contribution in [3.63, 3.8) is 0 Å². The molecule has 11 heteroatoms. The molecule has 2 aliphatic rings. The van der Waals surface area contributed by atoms with E-state index in [2.05, 4.69) is 20.9 Å². The average Bonchev–Trinajstić information content (AvgIpc) is 3.16. The molecule has 0 spiro atoms. The Bertz CT molecular complexity index is 1260. The van der Waals surface area contributed by atoms with Gasteiger partial charge in [0.1, 0.15) is 5.75 Å². The van der Waals surface area contributed by atoms with Gasteiger partial charge >= 0.3 is 5.97 Å². The van der Waals surface area contributed by atoms with E-state index in [-0.39, 0.29) is 25.0 Å². The van der Waals surface area contributed by atoms with Crippen molar-refractivity contribution < 1.29 is 28.6 Å². The summed E-state index contributed by atoms with van der Waals surface area (Å²) >= 11 is 4.68. The van der Waals surface area contributed by atoms with E-state index in [1.807, 2.05) is 12.1 Å². The van der Waals surface area contributed by atoms with Gasteiger partial charge in [-0.05, 0) is 61.2 Å². The molecule has 194 valence electrons. The lowest BCUT2D eigenvalue weighted by Crippen LogP contribution is -2.43. The molecule has 0 radical (unpaired) electrons. The van der Waals surface area contributed by atoms with Gasteiger partial charge in [0.25, 0.3) is 11.8 Å². The Morgan fingerprint density at radius 3 is 2.73 bits per heavy atom. The van der Waals surface area contributed by atoms with E-state index in [4.69, 9.17) is 14.2 Å². The topological polar surface area (TPSA) is 97.7 Å². The predicted octanol–water partition coefficient (Wildman–Crippen LogP) is 4.10. The van der Waals surface area contributed by atoms with Gasteiger partial charge in [0.15, 0.2) is 11.8 Å². The lowest BCUT2D eigenvalue weighted by Gasteiger charge is -2.26. The molecule has 0 saturated carbocycles. The van der Waals surface area contributed by atoms with Crippen LogP contribution in [0.4, 0.5) is 5.69 Å². The van der Waals surface area contributed by atoms with E-state index in [0.29, 0.717) is 58.9 Å². The number of hydrogen-bond acceptors (Lipinski definition) is 8. The van der Waals surface area contributed by atoms with Crippen LogP contribution in [-0.4, -0.2) is 79.3 Å². The van der Waals surface area contributed by atoms with Gasteiger partial charge in [-0.25, -0.2) is 9.79 Å². The van der Waals surface area contributed by atoms with E-state index in [9.17, 15) is 14.4 Å². The van der Waals surface area contributed by atoms with Crippen LogP contribution in [0.15, 0.2) is 56.8 Å². The van der Waals surface area contributed by atoms with Crippen molar-refractivity contribution in [2.45, 2.75) is 6.92 Å². The molecule has 2 heterocycles. The van der Waals surface area contributed by atoms with Crippen molar-refractivity contribution >= 4 is 62.4 Å². The number of carbonyl (C=O) groups is 3. The summed E-state index contributed by atoms with van der Waals surface area (Å²) in [7, 11) is 1.64. The van der Waals surface area contributed by atoms with Crippen LogP contribution in [0, 0.1) is 0 Å². The second-order valence-corrected chi connectivity index (χ2v) is 10.0. The van der Waals surface area contributed by atoms with E-state index >= 15 is 0 Å². The van der Waals surface area contributed by atoms with Gasteiger partial charge in [-0.3, -0.25) is 14.5 Å². The third-order valence-corrected chi connectivity index (χ3v) is 7.11. The fraction of sp³-hybridized carbons (Fsp3) is 0.308. The number of benzene rings is 2. The molecule has 2 aromatic rings. The quantitative estimate of drug-likeness (QED) is 0.355. The van der Waals surface area contributed by atoms with Crippen molar-refractivity contribution in [2.24, 2.45) is 4.99 Å². The summed E-state index contributed by atoms with van der Waals surface area (Å²) in [6.45, 7) is 4.04. The van der Waals surface area contributed by atoms with Gasteiger partial charge in [0.05, 0.1) is 36.0 Å². The number of halogens is 1. The fourth-order valence-electron chi connectivity index (χ4n) is 3.63. The summed E-state index contributed by atoms with van der Waals surface area (Å²) in [4.78, 5) is 45.8. The number of likely N-dealkylation sites (N-methyl/N-ethyl adjacent to an activating group) is 1. The number of ether oxygens (including phenoxy) is 3. The Kier molecular flexibility index (Phi) is 9.01. The zero-order chi connectivity index (χ0) is 26.4. The maximum Gasteiger partial charge on any atom is 0.338 e. The van der Waals surface area contributed by atoms with Crippen LogP contribution in [0.3, 0.4) is 0 Å². The smallest absolute Gasteiger partial charge is 0.338 e. The molecular formula is C26H26BrN3O6S. The molecule has 0 aromatic heterocycles. The molecule has 2 amide bonds. The Balaban J connectivity index is 1.53. The predicted molar refractivity (Wildman–Crippen MR) is 145 cm³/mol. The van der Waals surface area contributed by atoms with Crippen LogP contribution in [0.2, 0.25) is 0 Å². The monoisotopic (exact) mass is 587 g/mol. The van der Waals surface area contributed by atoms with Crippen LogP contribution >= 0.6 is 27.7 Å². The molecule has 9 nitrogen and oxygen atoms in total. The minimum Gasteiger partial charge on any atom is -0.483 e. The largest absolute Gasteiger partial charge is 0.483 e. The Hall–Kier alpha value is -3.15. The standard InChI is InChI=1S/C26H26BrN3O6S/c1-3-35-25(33)17-5-4-6-20(14-17)28-26-29(2)24(32)22(37-26)15-18-13-19(27)7-8-21(18)36-16-23(31)30-9-11-34-12-10-30/h4-8,13-15H,3,9-12,16H2,1-2H3.